The molecule has 0 amide bonds. The molecular weight excluding hydrogens is 250 g/mol. The molecule has 20 heavy (non-hydrogen) atoms. The van der Waals surface area contributed by atoms with Crippen molar-refractivity contribution in [2.24, 2.45) is 0 Å². The maximum atomic E-state index is 6.15. The van der Waals surface area contributed by atoms with Crippen molar-refractivity contribution in [3.63, 3.8) is 0 Å². The molecule has 3 heteroatoms. The Morgan fingerprint density at radius 3 is 2.75 bits per heavy atom. The average Bonchev–Trinajstić information content (AvgIpc) is 2.47. The second kappa shape index (κ2) is 5.45. The van der Waals surface area contributed by atoms with E-state index in [4.69, 9.17) is 15.2 Å². The summed E-state index contributed by atoms with van der Waals surface area (Å²) in [6.45, 7) is 0. The van der Waals surface area contributed by atoms with Crippen molar-refractivity contribution >= 4 is 5.69 Å². The zero-order valence-electron chi connectivity index (χ0n) is 11.6. The maximum Gasteiger partial charge on any atom is 0.125 e. The predicted octanol–water partition coefficient (Wildman–Crippen LogP) is 3.73. The van der Waals surface area contributed by atoms with Gasteiger partial charge in [-0.05, 0) is 30.4 Å². The highest BCUT2D eigenvalue weighted by molar-refractivity contribution is 5.50. The number of fused-ring (bicyclic) bond motifs is 1. The lowest BCUT2D eigenvalue weighted by Crippen LogP contribution is -2.15. The third-order valence-corrected chi connectivity index (χ3v) is 3.73. The van der Waals surface area contributed by atoms with Gasteiger partial charge in [0.15, 0.2) is 0 Å². The highest BCUT2D eigenvalue weighted by Crippen LogP contribution is 2.35. The van der Waals surface area contributed by atoms with Gasteiger partial charge in [0, 0.05) is 23.9 Å². The van der Waals surface area contributed by atoms with E-state index in [0.717, 1.165) is 30.8 Å². The summed E-state index contributed by atoms with van der Waals surface area (Å²) in [4.78, 5) is 0. The summed E-state index contributed by atoms with van der Waals surface area (Å²) in [5.41, 5.74) is 9.21. The molecule has 0 saturated heterocycles. The van der Waals surface area contributed by atoms with Crippen LogP contribution >= 0.6 is 0 Å². The predicted molar refractivity (Wildman–Crippen MR) is 80.2 cm³/mol. The standard InChI is InChI=1S/C17H19NO2/c1-19-14-9-13(18)10-15(11-14)20-17-8-4-6-12-5-2-3-7-16(12)17/h2-3,5,7,9-11,17H,4,6,8,18H2,1H3. The van der Waals surface area contributed by atoms with E-state index in [2.05, 4.69) is 24.3 Å². The number of aryl methyl sites for hydroxylation is 1. The minimum atomic E-state index is 0.103. The lowest BCUT2D eigenvalue weighted by atomic mass is 9.89. The summed E-state index contributed by atoms with van der Waals surface area (Å²) in [7, 11) is 1.63. The van der Waals surface area contributed by atoms with E-state index in [9.17, 15) is 0 Å². The molecule has 1 unspecified atom stereocenters. The second-order valence-corrected chi connectivity index (χ2v) is 5.14. The maximum absolute atomic E-state index is 6.15. The van der Waals surface area contributed by atoms with Gasteiger partial charge in [0.2, 0.25) is 0 Å². The molecule has 0 heterocycles. The smallest absolute Gasteiger partial charge is 0.125 e. The third-order valence-electron chi connectivity index (χ3n) is 3.73. The van der Waals surface area contributed by atoms with Crippen LogP contribution in [-0.2, 0) is 6.42 Å². The third kappa shape index (κ3) is 2.57. The summed E-state index contributed by atoms with van der Waals surface area (Å²) in [5.74, 6) is 1.49. The van der Waals surface area contributed by atoms with Crippen LogP contribution in [-0.4, -0.2) is 7.11 Å². The molecule has 0 aliphatic heterocycles. The molecule has 0 bridgehead atoms. The SMILES string of the molecule is COc1cc(N)cc(OC2CCCc3ccccc32)c1. The minimum absolute atomic E-state index is 0.103. The Labute approximate surface area is 119 Å². The summed E-state index contributed by atoms with van der Waals surface area (Å²) in [5, 5.41) is 0. The largest absolute Gasteiger partial charge is 0.497 e. The zero-order chi connectivity index (χ0) is 13.9. The Hall–Kier alpha value is -2.16. The lowest BCUT2D eigenvalue weighted by molar-refractivity contribution is 0.183. The molecule has 0 radical (unpaired) electrons. The second-order valence-electron chi connectivity index (χ2n) is 5.14. The van der Waals surface area contributed by atoms with Gasteiger partial charge < -0.3 is 15.2 Å². The van der Waals surface area contributed by atoms with E-state index < -0.39 is 0 Å². The molecule has 0 spiro atoms. The van der Waals surface area contributed by atoms with E-state index in [-0.39, 0.29) is 6.10 Å². The number of nitrogen functional groups attached to an aromatic ring is 1. The number of anilines is 1. The van der Waals surface area contributed by atoms with Gasteiger partial charge in [0.25, 0.3) is 0 Å². The van der Waals surface area contributed by atoms with Crippen molar-refractivity contribution in [1.29, 1.82) is 0 Å². The normalized spacial score (nSPS) is 17.4. The summed E-state index contributed by atoms with van der Waals surface area (Å²) < 4.78 is 11.4. The Morgan fingerprint density at radius 1 is 1.10 bits per heavy atom. The van der Waals surface area contributed by atoms with Crippen molar-refractivity contribution in [3.05, 3.63) is 53.6 Å². The van der Waals surface area contributed by atoms with Gasteiger partial charge in [0.05, 0.1) is 7.11 Å². The minimum Gasteiger partial charge on any atom is -0.497 e. The van der Waals surface area contributed by atoms with Crippen LogP contribution in [0.2, 0.25) is 0 Å². The van der Waals surface area contributed by atoms with Crippen LogP contribution in [0.1, 0.15) is 30.1 Å². The summed E-state index contributed by atoms with van der Waals surface area (Å²) in [6, 6.07) is 14.0. The molecule has 0 fully saturated rings. The fourth-order valence-corrected chi connectivity index (χ4v) is 2.78. The van der Waals surface area contributed by atoms with E-state index >= 15 is 0 Å². The van der Waals surface area contributed by atoms with E-state index in [0.29, 0.717) is 5.69 Å². The van der Waals surface area contributed by atoms with Crippen molar-refractivity contribution in [2.75, 3.05) is 12.8 Å². The Kier molecular flexibility index (Phi) is 3.50. The number of hydrogen-bond acceptors (Lipinski definition) is 3. The van der Waals surface area contributed by atoms with Crippen LogP contribution in [0.3, 0.4) is 0 Å². The van der Waals surface area contributed by atoms with E-state index in [1.165, 1.54) is 11.1 Å². The fourth-order valence-electron chi connectivity index (χ4n) is 2.78. The van der Waals surface area contributed by atoms with Crippen molar-refractivity contribution in [2.45, 2.75) is 25.4 Å². The monoisotopic (exact) mass is 269 g/mol. The van der Waals surface area contributed by atoms with Gasteiger partial charge in [-0.2, -0.15) is 0 Å². The Bertz CT molecular complexity index is 610. The Balaban J connectivity index is 1.87. The van der Waals surface area contributed by atoms with Gasteiger partial charge in [0.1, 0.15) is 17.6 Å². The molecule has 104 valence electrons. The van der Waals surface area contributed by atoms with Crippen LogP contribution in [0, 0.1) is 0 Å². The van der Waals surface area contributed by atoms with Crippen molar-refractivity contribution in [1.82, 2.24) is 0 Å². The molecule has 1 aliphatic rings. The number of hydrogen-bond donors (Lipinski definition) is 1. The van der Waals surface area contributed by atoms with Gasteiger partial charge in [-0.25, -0.2) is 0 Å². The quantitative estimate of drug-likeness (QED) is 0.863. The fraction of sp³-hybridized carbons (Fsp3) is 0.294. The highest BCUT2D eigenvalue weighted by Gasteiger charge is 2.21. The summed E-state index contributed by atoms with van der Waals surface area (Å²) >= 11 is 0. The summed E-state index contributed by atoms with van der Waals surface area (Å²) in [6.07, 6.45) is 3.43. The molecule has 3 rings (SSSR count). The number of ether oxygens (including phenoxy) is 2. The zero-order valence-corrected chi connectivity index (χ0v) is 11.6. The average molecular weight is 269 g/mol. The molecule has 0 saturated carbocycles. The molecule has 2 aromatic rings. The lowest BCUT2D eigenvalue weighted by Gasteiger charge is -2.26. The number of benzene rings is 2. The van der Waals surface area contributed by atoms with Gasteiger partial charge in [-0.15, -0.1) is 0 Å². The highest BCUT2D eigenvalue weighted by atomic mass is 16.5. The van der Waals surface area contributed by atoms with Crippen LogP contribution < -0.4 is 15.2 Å². The molecule has 2 N–H and O–H groups in total. The van der Waals surface area contributed by atoms with Crippen LogP contribution in [0.5, 0.6) is 11.5 Å². The van der Waals surface area contributed by atoms with Crippen LogP contribution in [0.25, 0.3) is 0 Å². The first kappa shape index (κ1) is 12.9. The molecule has 1 aliphatic carbocycles. The first-order valence-corrected chi connectivity index (χ1v) is 6.95. The molecule has 3 nitrogen and oxygen atoms in total. The molecule has 0 aromatic heterocycles. The van der Waals surface area contributed by atoms with E-state index in [1.54, 1.807) is 13.2 Å². The molecule has 1 atom stereocenters. The first-order chi connectivity index (χ1) is 9.76. The topological polar surface area (TPSA) is 44.5 Å². The van der Waals surface area contributed by atoms with Crippen LogP contribution in [0.4, 0.5) is 5.69 Å². The number of nitrogens with two attached hydrogens (primary N) is 1. The first-order valence-electron chi connectivity index (χ1n) is 6.95. The van der Waals surface area contributed by atoms with Crippen molar-refractivity contribution in [3.8, 4) is 11.5 Å². The number of methoxy groups -OCH3 is 1. The van der Waals surface area contributed by atoms with Gasteiger partial charge >= 0.3 is 0 Å². The molecule has 2 aromatic carbocycles. The molecular formula is C17H19NO2. The van der Waals surface area contributed by atoms with Crippen molar-refractivity contribution < 1.29 is 9.47 Å². The van der Waals surface area contributed by atoms with Gasteiger partial charge in [-0.3, -0.25) is 0 Å². The van der Waals surface area contributed by atoms with Gasteiger partial charge in [-0.1, -0.05) is 24.3 Å². The Morgan fingerprint density at radius 2 is 1.90 bits per heavy atom. The van der Waals surface area contributed by atoms with E-state index in [1.807, 2.05) is 12.1 Å². The van der Waals surface area contributed by atoms with Crippen LogP contribution in [0.15, 0.2) is 42.5 Å². The number of rotatable bonds is 3.